The predicted molar refractivity (Wildman–Crippen MR) is 129 cm³/mol. The first-order valence-corrected chi connectivity index (χ1v) is 12.0. The SMILES string of the molecule is CCN(CC)CCCN1C(c2ccc(CN(C)C)cc2)=CN2c3ccccc3SC12. The second-order valence-electron chi connectivity index (χ2n) is 8.34. The third-order valence-corrected chi connectivity index (χ3v) is 7.26. The van der Waals surface area contributed by atoms with Crippen molar-refractivity contribution in [2.24, 2.45) is 0 Å². The molecular formula is C25H34N4S. The number of benzene rings is 2. The van der Waals surface area contributed by atoms with E-state index >= 15 is 0 Å². The number of thioether (sulfide) groups is 1. The Kier molecular flexibility index (Phi) is 6.71. The van der Waals surface area contributed by atoms with Gasteiger partial charge in [0.15, 0.2) is 5.50 Å². The summed E-state index contributed by atoms with van der Waals surface area (Å²) in [6, 6.07) is 17.9. The first kappa shape index (κ1) is 21.3. The maximum Gasteiger partial charge on any atom is 0.159 e. The molecule has 2 aromatic rings. The third kappa shape index (κ3) is 4.39. The molecule has 0 fully saturated rings. The van der Waals surface area contributed by atoms with Crippen LogP contribution < -0.4 is 4.90 Å². The van der Waals surface area contributed by atoms with Gasteiger partial charge in [0.25, 0.3) is 0 Å². The van der Waals surface area contributed by atoms with Crippen molar-refractivity contribution in [1.82, 2.24) is 14.7 Å². The van der Waals surface area contributed by atoms with E-state index in [1.54, 1.807) is 0 Å². The highest BCUT2D eigenvalue weighted by Crippen LogP contribution is 2.50. The van der Waals surface area contributed by atoms with Gasteiger partial charge in [-0.05, 0) is 63.4 Å². The highest BCUT2D eigenvalue weighted by molar-refractivity contribution is 8.00. The van der Waals surface area contributed by atoms with Gasteiger partial charge in [-0.25, -0.2) is 0 Å². The Morgan fingerprint density at radius 3 is 2.40 bits per heavy atom. The number of rotatable bonds is 9. The van der Waals surface area contributed by atoms with Crippen LogP contribution in [0, 0.1) is 0 Å². The first-order valence-electron chi connectivity index (χ1n) is 11.1. The monoisotopic (exact) mass is 422 g/mol. The van der Waals surface area contributed by atoms with Gasteiger partial charge in [0.2, 0.25) is 0 Å². The van der Waals surface area contributed by atoms with Crippen molar-refractivity contribution in [3.63, 3.8) is 0 Å². The minimum absolute atomic E-state index is 0.329. The molecule has 4 nitrogen and oxygen atoms in total. The number of hydrogen-bond donors (Lipinski definition) is 0. The van der Waals surface area contributed by atoms with Crippen molar-refractivity contribution in [1.29, 1.82) is 0 Å². The van der Waals surface area contributed by atoms with E-state index in [0.29, 0.717) is 5.50 Å². The molecule has 0 bridgehead atoms. The summed E-state index contributed by atoms with van der Waals surface area (Å²) in [5.41, 5.74) is 5.68. The standard InChI is InChI=1S/C25H34N4S/c1-5-27(6-2)16-9-17-28-23(21-14-12-20(13-15-21)18-26(3)4)19-29-22-10-7-8-11-24(22)30-25(28)29/h7-8,10-15,19,25H,5-6,9,16-18H2,1-4H3. The van der Waals surface area contributed by atoms with Crippen LogP contribution in [0.1, 0.15) is 31.4 Å². The molecule has 2 heterocycles. The smallest absolute Gasteiger partial charge is 0.159 e. The molecule has 1 unspecified atom stereocenters. The summed E-state index contributed by atoms with van der Waals surface area (Å²) in [4.78, 5) is 11.2. The predicted octanol–water partition coefficient (Wildman–Crippen LogP) is 4.99. The molecule has 160 valence electrons. The van der Waals surface area contributed by atoms with Crippen LogP contribution in [0.4, 0.5) is 5.69 Å². The molecule has 2 aromatic carbocycles. The molecule has 0 radical (unpaired) electrons. The van der Waals surface area contributed by atoms with Crippen LogP contribution >= 0.6 is 11.8 Å². The van der Waals surface area contributed by atoms with E-state index in [2.05, 4.69) is 102 Å². The molecule has 5 heteroatoms. The highest BCUT2D eigenvalue weighted by Gasteiger charge is 2.39. The van der Waals surface area contributed by atoms with E-state index in [4.69, 9.17) is 0 Å². The summed E-state index contributed by atoms with van der Waals surface area (Å²) in [7, 11) is 4.24. The lowest BCUT2D eigenvalue weighted by Gasteiger charge is -2.30. The number of nitrogens with zero attached hydrogens (tertiary/aromatic N) is 4. The number of fused-ring (bicyclic) bond motifs is 3. The molecule has 0 spiro atoms. The summed E-state index contributed by atoms with van der Waals surface area (Å²) < 4.78 is 0. The highest BCUT2D eigenvalue weighted by atomic mass is 32.2. The molecule has 0 aromatic heterocycles. The quantitative estimate of drug-likeness (QED) is 0.563. The lowest BCUT2D eigenvalue weighted by atomic mass is 10.1. The zero-order chi connectivity index (χ0) is 21.1. The fourth-order valence-electron chi connectivity index (χ4n) is 4.35. The zero-order valence-electron chi connectivity index (χ0n) is 18.7. The summed E-state index contributed by atoms with van der Waals surface area (Å²) in [5, 5.41) is 0. The fourth-order valence-corrected chi connectivity index (χ4v) is 5.67. The molecular weight excluding hydrogens is 388 g/mol. The number of anilines is 1. The Morgan fingerprint density at radius 2 is 1.70 bits per heavy atom. The lowest BCUT2D eigenvalue weighted by Crippen LogP contribution is -2.36. The molecule has 0 saturated carbocycles. The third-order valence-electron chi connectivity index (χ3n) is 5.97. The van der Waals surface area contributed by atoms with Crippen molar-refractivity contribution in [2.45, 2.75) is 37.2 Å². The van der Waals surface area contributed by atoms with E-state index in [9.17, 15) is 0 Å². The Bertz CT molecular complexity index is 873. The summed E-state index contributed by atoms with van der Waals surface area (Å²) >= 11 is 1.97. The van der Waals surface area contributed by atoms with Crippen LogP contribution in [0.3, 0.4) is 0 Å². The second kappa shape index (κ2) is 9.46. The topological polar surface area (TPSA) is 13.0 Å². The lowest BCUT2D eigenvalue weighted by molar-refractivity contribution is 0.278. The van der Waals surface area contributed by atoms with Crippen molar-refractivity contribution >= 4 is 23.1 Å². The van der Waals surface area contributed by atoms with Crippen molar-refractivity contribution in [3.8, 4) is 0 Å². The summed E-state index contributed by atoms with van der Waals surface area (Å²) in [5.74, 6) is 0. The molecule has 0 aliphatic carbocycles. The van der Waals surface area contributed by atoms with E-state index in [-0.39, 0.29) is 0 Å². The number of hydrogen-bond acceptors (Lipinski definition) is 5. The molecule has 0 N–H and O–H groups in total. The van der Waals surface area contributed by atoms with Gasteiger partial charge < -0.3 is 19.6 Å². The Balaban J connectivity index is 1.57. The molecule has 1 atom stereocenters. The van der Waals surface area contributed by atoms with Crippen molar-refractivity contribution < 1.29 is 0 Å². The van der Waals surface area contributed by atoms with E-state index in [1.165, 1.54) is 33.8 Å². The van der Waals surface area contributed by atoms with Gasteiger partial charge in [-0.1, -0.05) is 62.0 Å². The Labute approximate surface area is 186 Å². The van der Waals surface area contributed by atoms with E-state index in [1.807, 2.05) is 11.8 Å². The van der Waals surface area contributed by atoms with Crippen LogP contribution in [0.5, 0.6) is 0 Å². The zero-order valence-corrected chi connectivity index (χ0v) is 19.5. The van der Waals surface area contributed by atoms with E-state index in [0.717, 1.165) is 32.7 Å². The van der Waals surface area contributed by atoms with Crippen LogP contribution in [-0.2, 0) is 6.54 Å². The average molecular weight is 423 g/mol. The van der Waals surface area contributed by atoms with Gasteiger partial charge in [-0.3, -0.25) is 0 Å². The molecule has 2 aliphatic rings. The average Bonchev–Trinajstić information content (AvgIpc) is 3.28. The molecule has 0 amide bonds. The normalized spacial score (nSPS) is 17.7. The largest absolute Gasteiger partial charge is 0.340 e. The van der Waals surface area contributed by atoms with Gasteiger partial charge in [-0.15, -0.1) is 0 Å². The minimum Gasteiger partial charge on any atom is -0.340 e. The molecule has 4 rings (SSSR count). The van der Waals surface area contributed by atoms with Gasteiger partial charge in [0, 0.05) is 24.2 Å². The van der Waals surface area contributed by atoms with Crippen LogP contribution in [0.15, 0.2) is 59.6 Å². The summed E-state index contributed by atoms with van der Waals surface area (Å²) in [6.07, 6.45) is 3.54. The van der Waals surface area contributed by atoms with Crippen molar-refractivity contribution in [2.75, 3.05) is 45.2 Å². The van der Waals surface area contributed by atoms with Gasteiger partial charge in [0.05, 0.1) is 11.4 Å². The maximum absolute atomic E-state index is 2.61. The van der Waals surface area contributed by atoms with Gasteiger partial charge in [0.1, 0.15) is 0 Å². The molecule has 2 aliphatic heterocycles. The van der Waals surface area contributed by atoms with Crippen LogP contribution in [-0.4, -0.2) is 60.5 Å². The van der Waals surface area contributed by atoms with Crippen LogP contribution in [0.25, 0.3) is 5.70 Å². The number of para-hydroxylation sites is 1. The fraction of sp³-hybridized carbons (Fsp3) is 0.440. The van der Waals surface area contributed by atoms with E-state index < -0.39 is 0 Å². The van der Waals surface area contributed by atoms with Crippen LogP contribution in [0.2, 0.25) is 0 Å². The van der Waals surface area contributed by atoms with Crippen molar-refractivity contribution in [3.05, 3.63) is 65.9 Å². The Hall–Kier alpha value is -1.95. The first-order chi connectivity index (χ1) is 14.6. The van der Waals surface area contributed by atoms with Gasteiger partial charge in [-0.2, -0.15) is 0 Å². The maximum atomic E-state index is 2.61. The van der Waals surface area contributed by atoms with Gasteiger partial charge >= 0.3 is 0 Å². The minimum atomic E-state index is 0.329. The molecule has 0 saturated heterocycles. The Morgan fingerprint density at radius 1 is 0.967 bits per heavy atom. The molecule has 30 heavy (non-hydrogen) atoms. The second-order valence-corrected chi connectivity index (χ2v) is 9.44. The summed E-state index contributed by atoms with van der Waals surface area (Å²) in [6.45, 7) is 9.97.